The van der Waals surface area contributed by atoms with Crippen molar-refractivity contribution in [1.29, 1.82) is 0 Å². The van der Waals surface area contributed by atoms with E-state index in [1.165, 1.54) is 0 Å². The van der Waals surface area contributed by atoms with Crippen LogP contribution < -0.4 is 10.5 Å². The third-order valence-electron chi connectivity index (χ3n) is 1.48. The predicted octanol–water partition coefficient (Wildman–Crippen LogP) is 2.32. The van der Waals surface area contributed by atoms with Gasteiger partial charge >= 0.3 is 0 Å². The number of anilines is 1. The molecule has 1 aromatic rings. The highest BCUT2D eigenvalue weighted by atomic mass is 35.5. The molecule has 1 rings (SSSR count). The van der Waals surface area contributed by atoms with Gasteiger partial charge in [-0.05, 0) is 12.1 Å². The molecule has 0 atom stereocenters. The van der Waals surface area contributed by atoms with Crippen LogP contribution in [-0.4, -0.2) is 6.61 Å². The molecule has 0 aliphatic heterocycles. The monoisotopic (exact) mass is 195 g/mol. The fraction of sp³-hybridized carbons (Fsp3) is 0.200. The van der Waals surface area contributed by atoms with Gasteiger partial charge in [0.2, 0.25) is 0 Å². The smallest absolute Gasteiger partial charge is 0.121 e. The third-order valence-corrected chi connectivity index (χ3v) is 1.83. The van der Waals surface area contributed by atoms with Crippen molar-refractivity contribution >= 4 is 17.3 Å². The molecule has 0 bridgehead atoms. The standard InChI is InChI=1S/C10H10ClNO/c1-2-3-6-13-8-4-5-9(11)10(12)7-8/h1,4-5,7H,3,6,12H2. The van der Waals surface area contributed by atoms with Crippen molar-refractivity contribution in [2.24, 2.45) is 0 Å². The highest BCUT2D eigenvalue weighted by Gasteiger charge is 1.97. The molecule has 0 aliphatic rings. The Labute approximate surface area is 82.6 Å². The molecule has 0 saturated heterocycles. The van der Waals surface area contributed by atoms with Crippen LogP contribution in [0.4, 0.5) is 5.69 Å². The maximum atomic E-state index is 5.73. The molecule has 0 saturated carbocycles. The van der Waals surface area contributed by atoms with E-state index in [0.717, 1.165) is 0 Å². The summed E-state index contributed by atoms with van der Waals surface area (Å²) < 4.78 is 5.30. The molecule has 2 N–H and O–H groups in total. The minimum Gasteiger partial charge on any atom is -0.493 e. The van der Waals surface area contributed by atoms with Crippen LogP contribution in [0.5, 0.6) is 5.75 Å². The molecule has 0 amide bonds. The second-order valence-corrected chi connectivity index (χ2v) is 2.89. The Balaban J connectivity index is 2.59. The lowest BCUT2D eigenvalue weighted by atomic mass is 10.3. The van der Waals surface area contributed by atoms with Crippen LogP contribution in [0.3, 0.4) is 0 Å². The number of hydrogen-bond acceptors (Lipinski definition) is 2. The van der Waals surface area contributed by atoms with Crippen molar-refractivity contribution < 1.29 is 4.74 Å². The Morgan fingerprint density at radius 1 is 1.54 bits per heavy atom. The van der Waals surface area contributed by atoms with Gasteiger partial charge in [-0.3, -0.25) is 0 Å². The molecule has 1 aromatic carbocycles. The van der Waals surface area contributed by atoms with Crippen LogP contribution in [-0.2, 0) is 0 Å². The lowest BCUT2D eigenvalue weighted by Crippen LogP contribution is -1.96. The van der Waals surface area contributed by atoms with E-state index in [2.05, 4.69) is 5.92 Å². The molecular formula is C10H10ClNO. The summed E-state index contributed by atoms with van der Waals surface area (Å²) in [5, 5.41) is 0.532. The number of benzene rings is 1. The molecule has 0 unspecified atom stereocenters. The maximum absolute atomic E-state index is 5.73. The molecule has 0 radical (unpaired) electrons. The summed E-state index contributed by atoms with van der Waals surface area (Å²) in [6.45, 7) is 0.498. The maximum Gasteiger partial charge on any atom is 0.121 e. The molecule has 2 nitrogen and oxygen atoms in total. The van der Waals surface area contributed by atoms with Gasteiger partial charge in [-0.25, -0.2) is 0 Å². The largest absolute Gasteiger partial charge is 0.493 e. The van der Waals surface area contributed by atoms with Gasteiger partial charge in [0.1, 0.15) is 5.75 Å². The normalized spacial score (nSPS) is 9.23. The molecule has 3 heteroatoms. The van der Waals surface area contributed by atoms with E-state index >= 15 is 0 Å². The van der Waals surface area contributed by atoms with Crippen LogP contribution in [0.15, 0.2) is 18.2 Å². The van der Waals surface area contributed by atoms with Gasteiger partial charge in [0.25, 0.3) is 0 Å². The van der Waals surface area contributed by atoms with Gasteiger partial charge in [-0.1, -0.05) is 11.6 Å². The molecule has 0 aliphatic carbocycles. The van der Waals surface area contributed by atoms with Crippen molar-refractivity contribution in [2.45, 2.75) is 6.42 Å². The van der Waals surface area contributed by atoms with Gasteiger partial charge in [-0.15, -0.1) is 12.3 Å². The van der Waals surface area contributed by atoms with Crippen LogP contribution in [0.2, 0.25) is 5.02 Å². The molecule has 68 valence electrons. The number of rotatable bonds is 3. The average Bonchev–Trinajstić information content (AvgIpc) is 2.12. The first kappa shape index (κ1) is 9.76. The average molecular weight is 196 g/mol. The molecule has 0 spiro atoms. The van der Waals surface area contributed by atoms with Crippen molar-refractivity contribution in [3.05, 3.63) is 23.2 Å². The summed E-state index contributed by atoms with van der Waals surface area (Å²) in [6, 6.07) is 5.14. The SMILES string of the molecule is C#CCCOc1ccc(Cl)c(N)c1. The summed E-state index contributed by atoms with van der Waals surface area (Å²) >= 11 is 5.73. The fourth-order valence-electron chi connectivity index (χ4n) is 0.839. The minimum absolute atomic E-state index is 0.498. The van der Waals surface area contributed by atoms with Crippen molar-refractivity contribution in [3.8, 4) is 18.1 Å². The highest BCUT2D eigenvalue weighted by molar-refractivity contribution is 6.33. The number of ether oxygens (including phenoxy) is 1. The van der Waals surface area contributed by atoms with E-state index in [0.29, 0.717) is 29.5 Å². The van der Waals surface area contributed by atoms with E-state index in [9.17, 15) is 0 Å². The summed E-state index contributed by atoms with van der Waals surface area (Å²) in [5.41, 5.74) is 6.09. The van der Waals surface area contributed by atoms with Crippen molar-refractivity contribution in [3.63, 3.8) is 0 Å². The second kappa shape index (κ2) is 4.64. The van der Waals surface area contributed by atoms with E-state index in [4.69, 9.17) is 28.5 Å². The Morgan fingerprint density at radius 3 is 2.92 bits per heavy atom. The highest BCUT2D eigenvalue weighted by Crippen LogP contribution is 2.23. The lowest BCUT2D eigenvalue weighted by molar-refractivity contribution is 0.327. The van der Waals surface area contributed by atoms with Gasteiger partial charge in [0.15, 0.2) is 0 Å². The first-order valence-corrected chi connectivity index (χ1v) is 4.23. The number of nitrogen functional groups attached to an aromatic ring is 1. The predicted molar refractivity (Wildman–Crippen MR) is 54.8 cm³/mol. The number of halogens is 1. The summed E-state index contributed by atoms with van der Waals surface area (Å²) in [5.74, 6) is 3.17. The van der Waals surface area contributed by atoms with Gasteiger partial charge in [0, 0.05) is 12.5 Å². The van der Waals surface area contributed by atoms with Gasteiger partial charge in [0.05, 0.1) is 17.3 Å². The molecule has 0 fully saturated rings. The Hall–Kier alpha value is -1.33. The first-order chi connectivity index (χ1) is 6.24. The second-order valence-electron chi connectivity index (χ2n) is 2.49. The minimum atomic E-state index is 0.498. The number of terminal acetylenes is 1. The Kier molecular flexibility index (Phi) is 3.48. The Bertz CT molecular complexity index is 330. The number of nitrogens with two attached hydrogens (primary N) is 1. The number of hydrogen-bond donors (Lipinski definition) is 1. The molecule has 13 heavy (non-hydrogen) atoms. The third kappa shape index (κ3) is 2.89. The summed E-state index contributed by atoms with van der Waals surface area (Å²) in [4.78, 5) is 0. The fourth-order valence-corrected chi connectivity index (χ4v) is 0.957. The van der Waals surface area contributed by atoms with Crippen molar-refractivity contribution in [2.75, 3.05) is 12.3 Å². The van der Waals surface area contributed by atoms with E-state index in [1.54, 1.807) is 18.2 Å². The topological polar surface area (TPSA) is 35.2 Å². The molecular weight excluding hydrogens is 186 g/mol. The zero-order valence-corrected chi connectivity index (χ0v) is 7.84. The zero-order chi connectivity index (χ0) is 9.68. The Morgan fingerprint density at radius 2 is 2.31 bits per heavy atom. The van der Waals surface area contributed by atoms with Crippen LogP contribution in [0.25, 0.3) is 0 Å². The van der Waals surface area contributed by atoms with Crippen molar-refractivity contribution in [1.82, 2.24) is 0 Å². The van der Waals surface area contributed by atoms with Crippen LogP contribution >= 0.6 is 11.6 Å². The lowest BCUT2D eigenvalue weighted by Gasteiger charge is -2.05. The first-order valence-electron chi connectivity index (χ1n) is 3.85. The summed E-state index contributed by atoms with van der Waals surface area (Å²) in [7, 11) is 0. The van der Waals surface area contributed by atoms with E-state index in [-0.39, 0.29) is 0 Å². The van der Waals surface area contributed by atoms with E-state index in [1.807, 2.05) is 0 Å². The van der Waals surface area contributed by atoms with Crippen LogP contribution in [0, 0.1) is 12.3 Å². The molecule has 0 aromatic heterocycles. The summed E-state index contributed by atoms with van der Waals surface area (Å²) in [6.07, 6.45) is 5.66. The quantitative estimate of drug-likeness (QED) is 0.457. The van der Waals surface area contributed by atoms with Gasteiger partial charge in [-0.2, -0.15) is 0 Å². The van der Waals surface area contributed by atoms with Gasteiger partial charge < -0.3 is 10.5 Å². The zero-order valence-electron chi connectivity index (χ0n) is 7.09. The van der Waals surface area contributed by atoms with E-state index < -0.39 is 0 Å². The van der Waals surface area contributed by atoms with Crippen LogP contribution in [0.1, 0.15) is 6.42 Å². The molecule has 0 heterocycles.